The second-order valence-corrected chi connectivity index (χ2v) is 7.54. The van der Waals surface area contributed by atoms with Gasteiger partial charge in [-0.2, -0.15) is 0 Å². The number of nitrogens with one attached hydrogen (secondary N) is 1. The summed E-state index contributed by atoms with van der Waals surface area (Å²) in [6.45, 7) is 0.164. The molecule has 25 heavy (non-hydrogen) atoms. The van der Waals surface area contributed by atoms with Crippen LogP contribution >= 0.6 is 11.6 Å². The van der Waals surface area contributed by atoms with Gasteiger partial charge in [-0.1, -0.05) is 41.9 Å². The molecule has 0 aromatic heterocycles. The molecule has 3 aromatic carbocycles. The summed E-state index contributed by atoms with van der Waals surface area (Å²) in [7, 11) is -3.60. The Labute approximate surface area is 152 Å². The standard InChI is InChI=1S/C19H16ClNO3S/c20-16-9-11-19(12-10-16)25(22,23)21-14-15-5-4-8-18(13-15)24-17-6-2-1-3-7-17/h1-13,21H,14H2. The molecule has 0 aliphatic heterocycles. The van der Waals surface area contributed by atoms with Gasteiger partial charge in [-0.15, -0.1) is 0 Å². The molecule has 6 heteroatoms. The Morgan fingerprint density at radius 1 is 0.840 bits per heavy atom. The predicted molar refractivity (Wildman–Crippen MR) is 98.4 cm³/mol. The molecule has 0 aliphatic rings. The fourth-order valence-corrected chi connectivity index (χ4v) is 3.36. The molecule has 0 aliphatic carbocycles. The molecule has 0 heterocycles. The molecule has 0 saturated heterocycles. The molecular weight excluding hydrogens is 358 g/mol. The fourth-order valence-electron chi connectivity index (χ4n) is 2.22. The molecule has 0 unspecified atom stereocenters. The lowest BCUT2D eigenvalue weighted by atomic mass is 10.2. The minimum atomic E-state index is -3.60. The molecule has 0 saturated carbocycles. The number of sulfonamides is 1. The van der Waals surface area contributed by atoms with Crippen LogP contribution in [0.1, 0.15) is 5.56 Å². The first-order valence-corrected chi connectivity index (χ1v) is 9.46. The second-order valence-electron chi connectivity index (χ2n) is 5.34. The summed E-state index contributed by atoms with van der Waals surface area (Å²) < 4.78 is 32.9. The summed E-state index contributed by atoms with van der Waals surface area (Å²) in [5, 5.41) is 0.490. The van der Waals surface area contributed by atoms with Gasteiger partial charge in [-0.3, -0.25) is 0 Å². The Balaban J connectivity index is 1.69. The topological polar surface area (TPSA) is 55.4 Å². The van der Waals surface area contributed by atoms with Gasteiger partial charge >= 0.3 is 0 Å². The summed E-state index contributed by atoms with van der Waals surface area (Å²) in [5.74, 6) is 1.37. The van der Waals surface area contributed by atoms with E-state index < -0.39 is 10.0 Å². The average Bonchev–Trinajstić information content (AvgIpc) is 2.62. The smallest absolute Gasteiger partial charge is 0.240 e. The Bertz CT molecular complexity index is 942. The van der Waals surface area contributed by atoms with Crippen molar-refractivity contribution in [3.05, 3.63) is 89.4 Å². The maximum Gasteiger partial charge on any atom is 0.240 e. The van der Waals surface area contributed by atoms with Crippen molar-refractivity contribution >= 4 is 21.6 Å². The number of halogens is 1. The van der Waals surface area contributed by atoms with Crippen molar-refractivity contribution in [2.75, 3.05) is 0 Å². The van der Waals surface area contributed by atoms with Gasteiger partial charge in [0.05, 0.1) is 4.90 Å². The van der Waals surface area contributed by atoms with E-state index in [1.54, 1.807) is 18.2 Å². The normalized spacial score (nSPS) is 11.2. The van der Waals surface area contributed by atoms with Crippen LogP contribution in [0.2, 0.25) is 5.02 Å². The van der Waals surface area contributed by atoms with Crippen molar-refractivity contribution in [2.45, 2.75) is 11.4 Å². The van der Waals surface area contributed by atoms with Crippen molar-refractivity contribution in [3.8, 4) is 11.5 Å². The molecule has 0 atom stereocenters. The number of hydrogen-bond donors (Lipinski definition) is 1. The van der Waals surface area contributed by atoms with Crippen LogP contribution in [0, 0.1) is 0 Å². The molecule has 0 amide bonds. The van der Waals surface area contributed by atoms with Crippen LogP contribution in [0.5, 0.6) is 11.5 Å². The molecule has 1 N–H and O–H groups in total. The van der Waals surface area contributed by atoms with E-state index in [4.69, 9.17) is 16.3 Å². The van der Waals surface area contributed by atoms with Crippen LogP contribution in [-0.2, 0) is 16.6 Å². The number of benzene rings is 3. The van der Waals surface area contributed by atoms with Crippen molar-refractivity contribution in [1.29, 1.82) is 0 Å². The van der Waals surface area contributed by atoms with Crippen molar-refractivity contribution in [2.24, 2.45) is 0 Å². The SMILES string of the molecule is O=S(=O)(NCc1cccc(Oc2ccccc2)c1)c1ccc(Cl)cc1. The van der Waals surface area contributed by atoms with Gasteiger partial charge in [0.25, 0.3) is 0 Å². The highest BCUT2D eigenvalue weighted by Gasteiger charge is 2.13. The molecule has 0 radical (unpaired) electrons. The quantitative estimate of drug-likeness (QED) is 0.686. The molecule has 0 spiro atoms. The Morgan fingerprint density at radius 2 is 1.52 bits per heavy atom. The van der Waals surface area contributed by atoms with E-state index in [1.807, 2.05) is 48.5 Å². The van der Waals surface area contributed by atoms with Gasteiger partial charge in [0, 0.05) is 11.6 Å². The van der Waals surface area contributed by atoms with Crippen molar-refractivity contribution in [3.63, 3.8) is 0 Å². The highest BCUT2D eigenvalue weighted by Crippen LogP contribution is 2.22. The third kappa shape index (κ3) is 4.82. The van der Waals surface area contributed by atoms with Gasteiger partial charge < -0.3 is 4.74 Å². The zero-order chi connectivity index (χ0) is 17.7. The van der Waals surface area contributed by atoms with Gasteiger partial charge in [0.1, 0.15) is 11.5 Å². The van der Waals surface area contributed by atoms with Crippen LogP contribution in [0.15, 0.2) is 83.8 Å². The van der Waals surface area contributed by atoms with E-state index in [0.29, 0.717) is 10.8 Å². The first-order chi connectivity index (χ1) is 12.0. The van der Waals surface area contributed by atoms with Crippen LogP contribution in [0.3, 0.4) is 0 Å². The molecule has 0 bridgehead atoms. The molecule has 128 valence electrons. The summed E-state index contributed by atoms with van der Waals surface area (Å²) >= 11 is 5.79. The van der Waals surface area contributed by atoms with Gasteiger partial charge in [-0.25, -0.2) is 13.1 Å². The molecule has 4 nitrogen and oxygen atoms in total. The van der Waals surface area contributed by atoms with Gasteiger partial charge in [-0.05, 0) is 54.1 Å². The summed E-state index contributed by atoms with van der Waals surface area (Å²) in [4.78, 5) is 0.175. The van der Waals surface area contributed by atoms with E-state index in [9.17, 15) is 8.42 Å². The largest absolute Gasteiger partial charge is 0.457 e. The third-order valence-corrected chi connectivity index (χ3v) is 5.14. The Kier molecular flexibility index (Phi) is 5.38. The lowest BCUT2D eigenvalue weighted by Crippen LogP contribution is -2.23. The van der Waals surface area contributed by atoms with Crippen LogP contribution < -0.4 is 9.46 Å². The first-order valence-electron chi connectivity index (χ1n) is 7.60. The Hall–Kier alpha value is -2.34. The summed E-state index contributed by atoms with van der Waals surface area (Å²) in [6, 6.07) is 22.7. The van der Waals surface area contributed by atoms with E-state index >= 15 is 0 Å². The van der Waals surface area contributed by atoms with Crippen LogP contribution in [0.4, 0.5) is 0 Å². The van der Waals surface area contributed by atoms with Crippen molar-refractivity contribution < 1.29 is 13.2 Å². The highest BCUT2D eigenvalue weighted by atomic mass is 35.5. The fraction of sp³-hybridized carbons (Fsp3) is 0.0526. The van der Waals surface area contributed by atoms with E-state index in [2.05, 4.69) is 4.72 Å². The van der Waals surface area contributed by atoms with Gasteiger partial charge in [0.2, 0.25) is 10.0 Å². The van der Waals surface area contributed by atoms with Crippen molar-refractivity contribution in [1.82, 2.24) is 4.72 Å². The Morgan fingerprint density at radius 3 is 2.24 bits per heavy atom. The maximum absolute atomic E-state index is 12.3. The summed E-state index contributed by atoms with van der Waals surface area (Å²) in [5.41, 5.74) is 0.797. The molecular formula is C19H16ClNO3S. The maximum atomic E-state index is 12.3. The number of ether oxygens (including phenoxy) is 1. The zero-order valence-corrected chi connectivity index (χ0v) is 14.8. The average molecular weight is 374 g/mol. The summed E-state index contributed by atoms with van der Waals surface area (Å²) in [6.07, 6.45) is 0. The minimum absolute atomic E-state index is 0.164. The van der Waals surface area contributed by atoms with E-state index in [1.165, 1.54) is 12.1 Å². The van der Waals surface area contributed by atoms with Crippen LogP contribution in [-0.4, -0.2) is 8.42 Å². The predicted octanol–water partition coefficient (Wildman–Crippen LogP) is 4.61. The molecule has 3 aromatic rings. The number of rotatable bonds is 6. The minimum Gasteiger partial charge on any atom is -0.457 e. The van der Waals surface area contributed by atoms with Gasteiger partial charge in [0.15, 0.2) is 0 Å². The van der Waals surface area contributed by atoms with Crippen LogP contribution in [0.25, 0.3) is 0 Å². The third-order valence-electron chi connectivity index (χ3n) is 3.47. The highest BCUT2D eigenvalue weighted by molar-refractivity contribution is 7.89. The second kappa shape index (κ2) is 7.70. The molecule has 0 fully saturated rings. The number of para-hydroxylation sites is 1. The monoisotopic (exact) mass is 373 g/mol. The zero-order valence-electron chi connectivity index (χ0n) is 13.2. The van der Waals surface area contributed by atoms with E-state index in [0.717, 1.165) is 11.3 Å². The first kappa shape index (κ1) is 17.5. The number of hydrogen-bond acceptors (Lipinski definition) is 3. The lowest BCUT2D eigenvalue weighted by molar-refractivity contribution is 0.482. The lowest BCUT2D eigenvalue weighted by Gasteiger charge is -2.09. The van der Waals surface area contributed by atoms with E-state index in [-0.39, 0.29) is 11.4 Å². The molecule has 3 rings (SSSR count).